The second kappa shape index (κ2) is 7.35. The van der Waals surface area contributed by atoms with Gasteiger partial charge in [0.15, 0.2) is 0 Å². The molecule has 0 saturated carbocycles. The lowest BCUT2D eigenvalue weighted by Gasteiger charge is -2.16. The van der Waals surface area contributed by atoms with Gasteiger partial charge < -0.3 is 10.5 Å². The molecule has 0 fully saturated rings. The maximum Gasteiger partial charge on any atom is 0.217 e. The van der Waals surface area contributed by atoms with Crippen molar-refractivity contribution in [3.05, 3.63) is 24.3 Å². The van der Waals surface area contributed by atoms with Crippen molar-refractivity contribution in [2.75, 3.05) is 31.7 Å². The Morgan fingerprint density at radius 2 is 2.11 bits per heavy atom. The molecule has 2 N–H and O–H groups in total. The number of benzene rings is 1. The lowest BCUT2D eigenvalue weighted by molar-refractivity contribution is 0.336. The average molecular weight is 286 g/mol. The van der Waals surface area contributed by atoms with Gasteiger partial charge in [0.2, 0.25) is 10.0 Å². The first-order valence-electron chi connectivity index (χ1n) is 6.38. The zero-order chi connectivity index (χ0) is 14.3. The van der Waals surface area contributed by atoms with Gasteiger partial charge in [-0.15, -0.1) is 0 Å². The molecule has 0 saturated heterocycles. The maximum atomic E-state index is 11.9. The molecule has 6 heteroatoms. The Balaban J connectivity index is 2.43. The summed E-state index contributed by atoms with van der Waals surface area (Å²) in [4.78, 5) is 0. The summed E-state index contributed by atoms with van der Waals surface area (Å²) in [5, 5.41) is 0. The van der Waals surface area contributed by atoms with Crippen molar-refractivity contribution in [1.82, 2.24) is 4.31 Å². The first-order chi connectivity index (χ1) is 8.95. The molecule has 0 aliphatic heterocycles. The van der Waals surface area contributed by atoms with Crippen molar-refractivity contribution in [2.24, 2.45) is 0 Å². The minimum atomic E-state index is -3.24. The standard InChI is InChI=1S/C13H22N2O3S/c1-3-4-8-15(2)19(16,17)10-9-18-13-7-5-6-12(14)11-13/h5-7,11H,3-4,8-10,14H2,1-2H3. The van der Waals surface area contributed by atoms with Gasteiger partial charge in [-0.25, -0.2) is 12.7 Å². The third kappa shape index (κ3) is 5.48. The van der Waals surface area contributed by atoms with Gasteiger partial charge in [-0.3, -0.25) is 0 Å². The topological polar surface area (TPSA) is 72.6 Å². The molecule has 0 amide bonds. The number of hydrogen-bond donors (Lipinski definition) is 1. The molecule has 5 nitrogen and oxygen atoms in total. The van der Waals surface area contributed by atoms with E-state index in [-0.39, 0.29) is 12.4 Å². The molecule has 0 aliphatic rings. The van der Waals surface area contributed by atoms with E-state index >= 15 is 0 Å². The molecule has 0 spiro atoms. The van der Waals surface area contributed by atoms with Crippen LogP contribution in [0.1, 0.15) is 19.8 Å². The van der Waals surface area contributed by atoms with Crippen LogP contribution in [-0.2, 0) is 10.0 Å². The molecule has 1 rings (SSSR count). The monoisotopic (exact) mass is 286 g/mol. The van der Waals surface area contributed by atoms with Gasteiger partial charge >= 0.3 is 0 Å². The molecule has 108 valence electrons. The minimum Gasteiger partial charge on any atom is -0.492 e. The molecule has 0 atom stereocenters. The van der Waals surface area contributed by atoms with Crippen LogP contribution in [-0.4, -0.2) is 38.7 Å². The van der Waals surface area contributed by atoms with E-state index in [0.29, 0.717) is 18.0 Å². The van der Waals surface area contributed by atoms with Gasteiger partial charge in [0.25, 0.3) is 0 Å². The molecule has 0 radical (unpaired) electrons. The first-order valence-corrected chi connectivity index (χ1v) is 7.99. The fraction of sp³-hybridized carbons (Fsp3) is 0.538. The number of nitrogen functional groups attached to an aromatic ring is 1. The van der Waals surface area contributed by atoms with Crippen LogP contribution in [0.15, 0.2) is 24.3 Å². The molecule has 0 aromatic heterocycles. The number of ether oxygens (including phenoxy) is 1. The van der Waals surface area contributed by atoms with E-state index < -0.39 is 10.0 Å². The summed E-state index contributed by atoms with van der Waals surface area (Å²) in [6.45, 7) is 2.71. The number of anilines is 1. The van der Waals surface area contributed by atoms with Crippen LogP contribution in [0.5, 0.6) is 5.75 Å². The first kappa shape index (κ1) is 15.8. The van der Waals surface area contributed by atoms with Crippen molar-refractivity contribution >= 4 is 15.7 Å². The highest BCUT2D eigenvalue weighted by atomic mass is 32.2. The van der Waals surface area contributed by atoms with E-state index in [1.54, 1.807) is 31.3 Å². The number of nitrogens with two attached hydrogens (primary N) is 1. The number of sulfonamides is 1. The smallest absolute Gasteiger partial charge is 0.217 e. The fourth-order valence-corrected chi connectivity index (χ4v) is 2.56. The van der Waals surface area contributed by atoms with E-state index in [1.807, 2.05) is 6.92 Å². The highest BCUT2D eigenvalue weighted by Gasteiger charge is 2.17. The molecule has 1 aromatic carbocycles. The number of hydrogen-bond acceptors (Lipinski definition) is 4. The van der Waals surface area contributed by atoms with Crippen LogP contribution in [0, 0.1) is 0 Å². The summed E-state index contributed by atoms with van der Waals surface area (Å²) in [6.07, 6.45) is 1.84. The predicted molar refractivity (Wildman–Crippen MR) is 77.7 cm³/mol. The molecule has 19 heavy (non-hydrogen) atoms. The van der Waals surface area contributed by atoms with E-state index in [1.165, 1.54) is 4.31 Å². The van der Waals surface area contributed by atoms with Crippen LogP contribution >= 0.6 is 0 Å². The van der Waals surface area contributed by atoms with Crippen LogP contribution in [0.2, 0.25) is 0 Å². The highest BCUT2D eigenvalue weighted by molar-refractivity contribution is 7.89. The number of rotatable bonds is 8. The number of unbranched alkanes of at least 4 members (excludes halogenated alkanes) is 1. The van der Waals surface area contributed by atoms with Gasteiger partial charge in [-0.05, 0) is 18.6 Å². The average Bonchev–Trinajstić information content (AvgIpc) is 2.35. The Morgan fingerprint density at radius 3 is 2.74 bits per heavy atom. The second-order valence-electron chi connectivity index (χ2n) is 4.41. The van der Waals surface area contributed by atoms with Gasteiger partial charge in [-0.2, -0.15) is 0 Å². The third-order valence-corrected chi connectivity index (χ3v) is 4.58. The zero-order valence-electron chi connectivity index (χ0n) is 11.5. The van der Waals surface area contributed by atoms with Gasteiger partial charge in [0.1, 0.15) is 12.4 Å². The molecule has 0 bridgehead atoms. The van der Waals surface area contributed by atoms with E-state index in [0.717, 1.165) is 12.8 Å². The van der Waals surface area contributed by atoms with Crippen molar-refractivity contribution in [1.29, 1.82) is 0 Å². The summed E-state index contributed by atoms with van der Waals surface area (Å²) in [7, 11) is -1.63. The zero-order valence-corrected chi connectivity index (χ0v) is 12.3. The molecule has 0 heterocycles. The van der Waals surface area contributed by atoms with Crippen LogP contribution in [0.4, 0.5) is 5.69 Å². The van der Waals surface area contributed by atoms with E-state index in [9.17, 15) is 8.42 Å². The van der Waals surface area contributed by atoms with Crippen LogP contribution < -0.4 is 10.5 Å². The van der Waals surface area contributed by atoms with Crippen LogP contribution in [0.3, 0.4) is 0 Å². The summed E-state index contributed by atoms with van der Waals surface area (Å²) in [5.41, 5.74) is 6.21. The lowest BCUT2D eigenvalue weighted by Crippen LogP contribution is -2.32. The summed E-state index contributed by atoms with van der Waals surface area (Å²) >= 11 is 0. The van der Waals surface area contributed by atoms with Crippen molar-refractivity contribution in [2.45, 2.75) is 19.8 Å². The van der Waals surface area contributed by atoms with Crippen molar-refractivity contribution < 1.29 is 13.2 Å². The van der Waals surface area contributed by atoms with E-state index in [2.05, 4.69) is 0 Å². The van der Waals surface area contributed by atoms with Gasteiger partial charge in [0, 0.05) is 25.3 Å². The largest absolute Gasteiger partial charge is 0.492 e. The highest BCUT2D eigenvalue weighted by Crippen LogP contribution is 2.14. The summed E-state index contributed by atoms with van der Waals surface area (Å²) in [5.74, 6) is 0.563. The summed E-state index contributed by atoms with van der Waals surface area (Å²) < 4.78 is 30.6. The Morgan fingerprint density at radius 1 is 1.37 bits per heavy atom. The predicted octanol–water partition coefficient (Wildman–Crippen LogP) is 1.71. The molecule has 1 aromatic rings. The second-order valence-corrected chi connectivity index (χ2v) is 6.61. The lowest BCUT2D eigenvalue weighted by atomic mass is 10.3. The van der Waals surface area contributed by atoms with Crippen LogP contribution in [0.25, 0.3) is 0 Å². The SMILES string of the molecule is CCCCN(C)S(=O)(=O)CCOc1cccc(N)c1. The quantitative estimate of drug-likeness (QED) is 0.738. The van der Waals surface area contributed by atoms with Gasteiger partial charge in [-0.1, -0.05) is 19.4 Å². The Labute approximate surface area is 115 Å². The number of nitrogens with zero attached hydrogens (tertiary/aromatic N) is 1. The fourth-order valence-electron chi connectivity index (χ4n) is 1.54. The molecule has 0 unspecified atom stereocenters. The Hall–Kier alpha value is -1.27. The molecule has 0 aliphatic carbocycles. The van der Waals surface area contributed by atoms with Crippen molar-refractivity contribution in [3.8, 4) is 5.75 Å². The Kier molecular flexibility index (Phi) is 6.11. The van der Waals surface area contributed by atoms with Gasteiger partial charge in [0.05, 0.1) is 5.75 Å². The van der Waals surface area contributed by atoms with Crippen molar-refractivity contribution in [3.63, 3.8) is 0 Å². The normalized spacial score (nSPS) is 11.7. The van der Waals surface area contributed by atoms with E-state index in [4.69, 9.17) is 10.5 Å². The molecular formula is C13H22N2O3S. The Bertz CT molecular complexity index is 488. The minimum absolute atomic E-state index is 0.0258. The summed E-state index contributed by atoms with van der Waals surface area (Å²) in [6, 6.07) is 6.95. The molecular weight excluding hydrogens is 264 g/mol. The third-order valence-electron chi connectivity index (χ3n) is 2.77. The maximum absolute atomic E-state index is 11.9.